The minimum absolute atomic E-state index is 0.0184. The van der Waals surface area contributed by atoms with Crippen molar-refractivity contribution in [3.8, 4) is 0 Å². The third kappa shape index (κ3) is 2.21. The normalized spacial score (nSPS) is 19.3. The molecule has 3 heterocycles. The van der Waals surface area contributed by atoms with Crippen molar-refractivity contribution in [1.29, 1.82) is 0 Å². The first kappa shape index (κ1) is 14.5. The maximum absolute atomic E-state index is 12.5. The minimum Gasteiger partial charge on any atom is -0.369 e. The highest BCUT2D eigenvalue weighted by Crippen LogP contribution is 2.46. The maximum Gasteiger partial charge on any atom is 0.258 e. The lowest BCUT2D eigenvalue weighted by Gasteiger charge is -2.27. The summed E-state index contributed by atoms with van der Waals surface area (Å²) in [6.07, 6.45) is 0. The lowest BCUT2D eigenvalue weighted by atomic mass is 9.83. The third-order valence-corrected chi connectivity index (χ3v) is 5.57. The van der Waals surface area contributed by atoms with E-state index in [4.69, 9.17) is 5.73 Å². The van der Waals surface area contributed by atoms with Crippen LogP contribution < -0.4 is 16.6 Å². The van der Waals surface area contributed by atoms with Crippen molar-refractivity contribution in [3.05, 3.63) is 61.5 Å². The zero-order valence-corrected chi connectivity index (χ0v) is 14.1. The molecular weight excluding hydrogens is 380 g/mol. The van der Waals surface area contributed by atoms with Crippen LogP contribution in [0.15, 0.2) is 44.8 Å². The standard InChI is InChI=1S/C15H11BrN4O2S/c16-7-4-2-1-3-6(7)9-10-8(5-23-14(10)22)18-12-11(9)13(21)20-15(17)19-12/h1-4,9H,5H2,(H4,17,18,19,20,21). The van der Waals surface area contributed by atoms with Crippen LogP contribution in [0.5, 0.6) is 0 Å². The number of halogens is 1. The number of hydrogen-bond acceptors (Lipinski definition) is 6. The van der Waals surface area contributed by atoms with Gasteiger partial charge in [0.2, 0.25) is 11.1 Å². The summed E-state index contributed by atoms with van der Waals surface area (Å²) in [6.45, 7) is 0. The summed E-state index contributed by atoms with van der Waals surface area (Å²) in [5, 5.41) is 3.08. The first-order valence-electron chi connectivity index (χ1n) is 6.87. The average molecular weight is 391 g/mol. The molecule has 0 radical (unpaired) electrons. The van der Waals surface area contributed by atoms with Gasteiger partial charge in [-0.05, 0) is 11.6 Å². The van der Waals surface area contributed by atoms with Crippen molar-refractivity contribution >= 4 is 44.6 Å². The summed E-state index contributed by atoms with van der Waals surface area (Å²) in [7, 11) is 0. The van der Waals surface area contributed by atoms with Crippen LogP contribution in [0.25, 0.3) is 0 Å². The van der Waals surface area contributed by atoms with Crippen LogP contribution in [0.2, 0.25) is 0 Å². The Morgan fingerprint density at radius 3 is 2.87 bits per heavy atom. The van der Waals surface area contributed by atoms with Gasteiger partial charge in [0.1, 0.15) is 5.82 Å². The summed E-state index contributed by atoms with van der Waals surface area (Å²) >= 11 is 4.75. The highest BCUT2D eigenvalue weighted by molar-refractivity contribution is 9.10. The van der Waals surface area contributed by atoms with Crippen LogP contribution in [0.1, 0.15) is 17.0 Å². The second-order valence-electron chi connectivity index (χ2n) is 5.26. The molecule has 1 atom stereocenters. The zero-order valence-electron chi connectivity index (χ0n) is 11.7. The van der Waals surface area contributed by atoms with Crippen LogP contribution in [0, 0.1) is 0 Å². The van der Waals surface area contributed by atoms with Gasteiger partial charge in [0.05, 0.1) is 11.5 Å². The quantitative estimate of drug-likeness (QED) is 0.689. The number of fused-ring (bicyclic) bond motifs is 1. The molecule has 4 N–H and O–H groups in total. The molecule has 116 valence electrons. The van der Waals surface area contributed by atoms with Crippen molar-refractivity contribution in [2.75, 3.05) is 16.8 Å². The van der Waals surface area contributed by atoms with E-state index in [0.717, 1.165) is 15.7 Å². The molecule has 0 aliphatic carbocycles. The van der Waals surface area contributed by atoms with E-state index < -0.39 is 5.92 Å². The Labute approximate surface area is 143 Å². The highest BCUT2D eigenvalue weighted by Gasteiger charge is 2.40. The van der Waals surface area contributed by atoms with E-state index >= 15 is 0 Å². The SMILES string of the molecule is Nc1nc2c(c(=O)[nH]1)C(c1ccccc1Br)C1=C(CSC1=O)N2. The van der Waals surface area contributed by atoms with Gasteiger partial charge in [0, 0.05) is 21.5 Å². The Morgan fingerprint density at radius 1 is 1.30 bits per heavy atom. The maximum atomic E-state index is 12.5. The van der Waals surface area contributed by atoms with Crippen LogP contribution in [0.4, 0.5) is 11.8 Å². The van der Waals surface area contributed by atoms with E-state index in [1.807, 2.05) is 24.3 Å². The van der Waals surface area contributed by atoms with Crippen molar-refractivity contribution in [2.24, 2.45) is 0 Å². The molecular formula is C15H11BrN4O2S. The molecule has 6 nitrogen and oxygen atoms in total. The molecule has 2 aromatic rings. The number of hydrogen-bond donors (Lipinski definition) is 3. The predicted octanol–water partition coefficient (Wildman–Crippen LogP) is 2.20. The van der Waals surface area contributed by atoms with Gasteiger partial charge in [0.15, 0.2) is 0 Å². The summed E-state index contributed by atoms with van der Waals surface area (Å²) in [5.74, 6) is 0.550. The predicted molar refractivity (Wildman–Crippen MR) is 93.4 cm³/mol. The van der Waals surface area contributed by atoms with Gasteiger partial charge in [0.25, 0.3) is 5.56 Å². The van der Waals surface area contributed by atoms with Crippen LogP contribution >= 0.6 is 27.7 Å². The number of rotatable bonds is 1. The van der Waals surface area contributed by atoms with Crippen LogP contribution in [-0.2, 0) is 4.79 Å². The molecule has 4 rings (SSSR count). The Balaban J connectivity index is 2.04. The van der Waals surface area contributed by atoms with Crippen molar-refractivity contribution in [3.63, 3.8) is 0 Å². The number of nitrogens with one attached hydrogen (secondary N) is 2. The topological polar surface area (TPSA) is 101 Å². The Kier molecular flexibility index (Phi) is 3.31. The van der Waals surface area contributed by atoms with Gasteiger partial charge in [-0.1, -0.05) is 45.9 Å². The number of benzene rings is 1. The Morgan fingerprint density at radius 2 is 2.09 bits per heavy atom. The van der Waals surface area contributed by atoms with E-state index in [2.05, 4.69) is 31.2 Å². The molecule has 1 unspecified atom stereocenters. The number of aromatic nitrogens is 2. The lowest BCUT2D eigenvalue weighted by Crippen LogP contribution is -2.29. The zero-order chi connectivity index (χ0) is 16.1. The monoisotopic (exact) mass is 390 g/mol. The second kappa shape index (κ2) is 5.24. The number of nitrogens with zero attached hydrogens (tertiary/aromatic N) is 1. The number of thioether (sulfide) groups is 1. The number of nitrogens with two attached hydrogens (primary N) is 1. The third-order valence-electron chi connectivity index (χ3n) is 3.93. The molecule has 0 spiro atoms. The number of nitrogen functional groups attached to an aromatic ring is 1. The van der Waals surface area contributed by atoms with Crippen molar-refractivity contribution < 1.29 is 4.79 Å². The van der Waals surface area contributed by atoms with E-state index in [1.165, 1.54) is 11.8 Å². The van der Waals surface area contributed by atoms with Gasteiger partial charge in [-0.2, -0.15) is 4.98 Å². The fourth-order valence-corrected chi connectivity index (χ4v) is 4.40. The first-order valence-corrected chi connectivity index (χ1v) is 8.65. The van der Waals surface area contributed by atoms with E-state index in [9.17, 15) is 9.59 Å². The fraction of sp³-hybridized carbons (Fsp3) is 0.133. The summed E-state index contributed by atoms with van der Waals surface area (Å²) in [6, 6.07) is 7.57. The van der Waals surface area contributed by atoms with Gasteiger partial charge < -0.3 is 11.1 Å². The molecule has 1 aromatic heterocycles. The van der Waals surface area contributed by atoms with E-state index in [-0.39, 0.29) is 16.6 Å². The van der Waals surface area contributed by atoms with Gasteiger partial charge >= 0.3 is 0 Å². The Hall–Kier alpha value is -2.06. The van der Waals surface area contributed by atoms with Gasteiger partial charge in [-0.25, -0.2) is 0 Å². The van der Waals surface area contributed by atoms with Gasteiger partial charge in [-0.15, -0.1) is 0 Å². The number of aromatic amines is 1. The summed E-state index contributed by atoms with van der Waals surface area (Å²) in [5.41, 5.74) is 8.01. The largest absolute Gasteiger partial charge is 0.369 e. The molecule has 0 bridgehead atoms. The lowest BCUT2D eigenvalue weighted by molar-refractivity contribution is -0.107. The molecule has 2 aliphatic heterocycles. The molecule has 2 aliphatic rings. The first-order chi connectivity index (χ1) is 11.1. The van der Waals surface area contributed by atoms with Crippen LogP contribution in [0.3, 0.4) is 0 Å². The van der Waals surface area contributed by atoms with Crippen molar-refractivity contribution in [1.82, 2.24) is 9.97 Å². The number of carbonyl (C=O) groups is 1. The molecule has 0 saturated heterocycles. The molecule has 0 amide bonds. The fourth-order valence-electron chi connectivity index (χ4n) is 2.98. The summed E-state index contributed by atoms with van der Waals surface area (Å²) in [4.78, 5) is 31.6. The molecule has 0 saturated carbocycles. The van der Waals surface area contributed by atoms with E-state index in [0.29, 0.717) is 22.7 Å². The second-order valence-corrected chi connectivity index (χ2v) is 7.06. The molecule has 1 aromatic carbocycles. The minimum atomic E-state index is -0.462. The molecule has 0 fully saturated rings. The van der Waals surface area contributed by atoms with Crippen molar-refractivity contribution in [2.45, 2.75) is 5.92 Å². The van der Waals surface area contributed by atoms with Gasteiger partial charge in [-0.3, -0.25) is 14.6 Å². The summed E-state index contributed by atoms with van der Waals surface area (Å²) < 4.78 is 0.839. The average Bonchev–Trinajstić information content (AvgIpc) is 2.87. The molecule has 8 heteroatoms. The smallest absolute Gasteiger partial charge is 0.258 e. The number of anilines is 2. The molecule has 23 heavy (non-hydrogen) atoms. The van der Waals surface area contributed by atoms with Crippen LogP contribution in [-0.4, -0.2) is 20.8 Å². The number of carbonyl (C=O) groups excluding carboxylic acids is 1. The highest BCUT2D eigenvalue weighted by atomic mass is 79.9. The number of H-pyrrole nitrogens is 1. The van der Waals surface area contributed by atoms with E-state index in [1.54, 1.807) is 0 Å². The Bertz CT molecular complexity index is 937.